The molecule has 2 heterocycles. The second-order valence-electron chi connectivity index (χ2n) is 6.67. The molecule has 25 heavy (non-hydrogen) atoms. The molecule has 0 aromatic heterocycles. The number of sulfone groups is 1. The summed E-state index contributed by atoms with van der Waals surface area (Å²) in [7, 11) is 0.113. The minimum Gasteiger partial charge on any atom is -0.497 e. The largest absolute Gasteiger partial charge is 0.497 e. The number of piperazine rings is 1. The van der Waals surface area contributed by atoms with E-state index in [0.717, 1.165) is 6.54 Å². The fourth-order valence-electron chi connectivity index (χ4n) is 3.80. The van der Waals surface area contributed by atoms with Crippen LogP contribution in [0.2, 0.25) is 0 Å². The van der Waals surface area contributed by atoms with Crippen LogP contribution in [0.25, 0.3) is 0 Å². The van der Waals surface area contributed by atoms with Gasteiger partial charge in [0.05, 0.1) is 25.2 Å². The molecule has 2 aliphatic heterocycles. The lowest BCUT2D eigenvalue weighted by Gasteiger charge is -2.44. The highest BCUT2D eigenvalue weighted by atomic mass is 32.2. The van der Waals surface area contributed by atoms with Crippen molar-refractivity contribution in [2.45, 2.75) is 18.6 Å². The monoisotopic (exact) mass is 372 g/mol. The Bertz CT molecular complexity index is 713. The number of rotatable bonds is 6. The van der Waals surface area contributed by atoms with Crippen LogP contribution >= 0.6 is 0 Å². The second-order valence-corrected chi connectivity index (χ2v) is 8.82. The normalized spacial score (nSPS) is 26.5. The van der Waals surface area contributed by atoms with Gasteiger partial charge in [0, 0.05) is 50.9 Å². The fourth-order valence-corrected chi connectivity index (χ4v) is 5.84. The van der Waals surface area contributed by atoms with Gasteiger partial charge >= 0.3 is 0 Å². The lowest BCUT2D eigenvalue weighted by molar-refractivity contribution is 0.0248. The van der Waals surface area contributed by atoms with E-state index in [2.05, 4.69) is 9.80 Å². The topological polar surface area (TPSA) is 59.1 Å². The van der Waals surface area contributed by atoms with Gasteiger partial charge in [-0.1, -0.05) is 0 Å². The first kappa shape index (κ1) is 18.6. The Balaban J connectivity index is 1.79. The maximum Gasteiger partial charge on any atom is 0.153 e. The van der Waals surface area contributed by atoms with E-state index >= 15 is 0 Å². The van der Waals surface area contributed by atoms with Crippen molar-refractivity contribution in [1.29, 1.82) is 0 Å². The third kappa shape index (κ3) is 4.13. The van der Waals surface area contributed by atoms with Crippen LogP contribution in [0.3, 0.4) is 0 Å². The van der Waals surface area contributed by atoms with Gasteiger partial charge in [-0.15, -0.1) is 0 Å². The minimum atomic E-state index is -3.08. The molecule has 2 saturated heterocycles. The van der Waals surface area contributed by atoms with Crippen LogP contribution in [0.5, 0.6) is 5.75 Å². The van der Waals surface area contributed by atoms with Crippen LogP contribution < -0.4 is 4.74 Å². The molecule has 8 heteroatoms. The molecule has 1 aromatic rings. The number of hydrogen-bond donors (Lipinski definition) is 0. The highest BCUT2D eigenvalue weighted by Crippen LogP contribution is 2.29. The quantitative estimate of drug-likeness (QED) is 0.735. The molecule has 0 amide bonds. The maximum absolute atomic E-state index is 14.2. The minimum absolute atomic E-state index is 0.0532. The van der Waals surface area contributed by atoms with Crippen molar-refractivity contribution in [3.63, 3.8) is 0 Å². The Morgan fingerprint density at radius 2 is 1.84 bits per heavy atom. The molecule has 1 aromatic carbocycles. The van der Waals surface area contributed by atoms with Gasteiger partial charge in [0.25, 0.3) is 0 Å². The fraction of sp³-hybridized carbons (Fsp3) is 0.647. The van der Waals surface area contributed by atoms with Crippen molar-refractivity contribution in [2.24, 2.45) is 0 Å². The summed E-state index contributed by atoms with van der Waals surface area (Å²) in [4.78, 5) is 4.29. The van der Waals surface area contributed by atoms with Gasteiger partial charge < -0.3 is 9.47 Å². The Morgan fingerprint density at radius 3 is 2.52 bits per heavy atom. The predicted molar refractivity (Wildman–Crippen MR) is 93.0 cm³/mol. The van der Waals surface area contributed by atoms with Crippen molar-refractivity contribution in [3.8, 4) is 5.75 Å². The highest BCUT2D eigenvalue weighted by Gasteiger charge is 2.46. The molecule has 2 fully saturated rings. The number of fused-ring (bicyclic) bond motifs is 1. The zero-order chi connectivity index (χ0) is 18.0. The maximum atomic E-state index is 14.2. The standard InChI is InChI=1S/C17H25FN2O4S/c1-23-8-7-19-5-6-20(17-12-25(21,22)11-16(17)19)10-13-9-14(24-2)3-4-15(13)18/h3-4,9,16-17H,5-8,10-12H2,1-2H3/t16-,17+/m1/s1. The summed E-state index contributed by atoms with van der Waals surface area (Å²) in [5, 5.41) is 0. The molecule has 0 bridgehead atoms. The van der Waals surface area contributed by atoms with Crippen molar-refractivity contribution in [3.05, 3.63) is 29.6 Å². The van der Waals surface area contributed by atoms with Gasteiger partial charge in [-0.2, -0.15) is 0 Å². The lowest BCUT2D eigenvalue weighted by Crippen LogP contribution is -2.59. The summed E-state index contributed by atoms with van der Waals surface area (Å²) in [5.74, 6) is 0.608. The first-order valence-electron chi connectivity index (χ1n) is 8.43. The van der Waals surface area contributed by atoms with Crippen molar-refractivity contribution >= 4 is 9.84 Å². The zero-order valence-electron chi connectivity index (χ0n) is 14.7. The molecule has 3 rings (SSSR count). The molecule has 0 aliphatic carbocycles. The molecular weight excluding hydrogens is 347 g/mol. The van der Waals surface area contributed by atoms with E-state index in [4.69, 9.17) is 9.47 Å². The predicted octanol–water partition coefficient (Wildman–Crippen LogP) is 0.764. The third-order valence-corrected chi connectivity index (χ3v) is 6.81. The van der Waals surface area contributed by atoms with E-state index in [9.17, 15) is 12.8 Å². The summed E-state index contributed by atoms with van der Waals surface area (Å²) in [6.07, 6.45) is 0. The number of methoxy groups -OCH3 is 2. The molecular formula is C17H25FN2O4S. The van der Waals surface area contributed by atoms with E-state index in [1.54, 1.807) is 26.4 Å². The lowest BCUT2D eigenvalue weighted by atomic mass is 10.0. The van der Waals surface area contributed by atoms with E-state index in [1.807, 2.05) is 0 Å². The number of hydrogen-bond acceptors (Lipinski definition) is 6. The van der Waals surface area contributed by atoms with Crippen LogP contribution in [0.4, 0.5) is 4.39 Å². The summed E-state index contributed by atoms with van der Waals surface area (Å²) in [5.41, 5.74) is 0.535. The third-order valence-electron chi connectivity index (χ3n) is 5.11. The van der Waals surface area contributed by atoms with Crippen molar-refractivity contribution in [1.82, 2.24) is 9.80 Å². The Labute approximate surface area is 148 Å². The van der Waals surface area contributed by atoms with Crippen molar-refractivity contribution < 1.29 is 22.3 Å². The first-order chi connectivity index (χ1) is 11.9. The Hall–Kier alpha value is -1.22. The van der Waals surface area contributed by atoms with Gasteiger partial charge in [0.1, 0.15) is 11.6 Å². The smallest absolute Gasteiger partial charge is 0.153 e. The summed E-state index contributed by atoms with van der Waals surface area (Å²) in [6, 6.07) is 4.50. The first-order valence-corrected chi connectivity index (χ1v) is 10.3. The zero-order valence-corrected chi connectivity index (χ0v) is 15.5. The molecule has 0 saturated carbocycles. The number of halogens is 1. The van der Waals surface area contributed by atoms with Crippen LogP contribution in [-0.2, 0) is 21.1 Å². The summed E-state index contributed by atoms with van der Waals surface area (Å²) < 4.78 is 48.9. The highest BCUT2D eigenvalue weighted by molar-refractivity contribution is 7.91. The SMILES string of the molecule is COCCN1CCN(Cc2cc(OC)ccc2F)[C@H]2CS(=O)(=O)C[C@H]21. The molecule has 0 radical (unpaired) electrons. The molecule has 2 aliphatic rings. The summed E-state index contributed by atoms with van der Waals surface area (Å²) in [6.45, 7) is 3.14. The van der Waals surface area contributed by atoms with Gasteiger partial charge in [-0.3, -0.25) is 9.80 Å². The molecule has 6 nitrogen and oxygen atoms in total. The van der Waals surface area contributed by atoms with Crippen LogP contribution in [0.15, 0.2) is 18.2 Å². The van der Waals surface area contributed by atoms with Crippen LogP contribution in [0.1, 0.15) is 5.56 Å². The molecule has 0 spiro atoms. The summed E-state index contributed by atoms with van der Waals surface area (Å²) >= 11 is 0. The van der Waals surface area contributed by atoms with E-state index in [1.165, 1.54) is 6.07 Å². The van der Waals surface area contributed by atoms with E-state index in [-0.39, 0.29) is 29.4 Å². The van der Waals surface area contributed by atoms with Crippen molar-refractivity contribution in [2.75, 3.05) is 52.0 Å². The molecule has 140 valence electrons. The Kier molecular flexibility index (Phi) is 5.62. The second kappa shape index (κ2) is 7.57. The van der Waals surface area contributed by atoms with E-state index < -0.39 is 9.84 Å². The molecule has 2 atom stereocenters. The van der Waals surface area contributed by atoms with Gasteiger partial charge in [-0.25, -0.2) is 12.8 Å². The van der Waals surface area contributed by atoms with Gasteiger partial charge in [0.2, 0.25) is 0 Å². The Morgan fingerprint density at radius 1 is 1.16 bits per heavy atom. The number of benzene rings is 1. The van der Waals surface area contributed by atoms with Crippen LogP contribution in [0, 0.1) is 5.82 Å². The van der Waals surface area contributed by atoms with Gasteiger partial charge in [-0.05, 0) is 18.2 Å². The van der Waals surface area contributed by atoms with Gasteiger partial charge in [0.15, 0.2) is 9.84 Å². The number of ether oxygens (including phenoxy) is 2. The molecule has 0 unspecified atom stereocenters. The van der Waals surface area contributed by atoms with Crippen LogP contribution in [-0.4, -0.2) is 82.3 Å². The average molecular weight is 372 g/mol. The number of nitrogens with zero attached hydrogens (tertiary/aromatic N) is 2. The molecule has 0 N–H and O–H groups in total. The average Bonchev–Trinajstić information content (AvgIpc) is 2.91. The van der Waals surface area contributed by atoms with E-state index in [0.29, 0.717) is 37.6 Å².